The van der Waals surface area contributed by atoms with Gasteiger partial charge in [0.2, 0.25) is 0 Å². The fraction of sp³-hybridized carbons (Fsp3) is 0.529. The number of rotatable bonds is 7. The van der Waals surface area contributed by atoms with Gasteiger partial charge in [0.1, 0.15) is 6.29 Å². The minimum Gasteiger partial charge on any atom is -0.468 e. The molecule has 0 N–H and O–H groups in total. The molecule has 0 spiro atoms. The van der Waals surface area contributed by atoms with Crippen LogP contribution < -0.4 is 0 Å². The molecule has 0 bridgehead atoms. The Morgan fingerprint density at radius 2 is 2.15 bits per heavy atom. The molecule has 20 heavy (non-hydrogen) atoms. The third-order valence-corrected chi connectivity index (χ3v) is 3.93. The number of esters is 1. The normalized spacial score (nSPS) is 15.2. The van der Waals surface area contributed by atoms with E-state index in [1.165, 1.54) is 7.11 Å². The van der Waals surface area contributed by atoms with Crippen LogP contribution in [0.1, 0.15) is 44.2 Å². The summed E-state index contributed by atoms with van der Waals surface area (Å²) in [6.45, 7) is 5.96. The van der Waals surface area contributed by atoms with Crippen molar-refractivity contribution in [3.63, 3.8) is 0 Å². The van der Waals surface area contributed by atoms with Crippen molar-refractivity contribution in [2.24, 2.45) is 5.92 Å². The van der Waals surface area contributed by atoms with Crippen LogP contribution in [0.25, 0.3) is 0 Å². The van der Waals surface area contributed by atoms with E-state index in [1.807, 2.05) is 45.0 Å². The molecule has 0 saturated heterocycles. The van der Waals surface area contributed by atoms with Crippen LogP contribution in [0.4, 0.5) is 0 Å². The molecule has 0 amide bonds. The average Bonchev–Trinajstić information content (AvgIpc) is 2.44. The van der Waals surface area contributed by atoms with Gasteiger partial charge < -0.3 is 9.53 Å². The minimum absolute atomic E-state index is 0.221. The van der Waals surface area contributed by atoms with Crippen LogP contribution in [0, 0.1) is 12.8 Å². The van der Waals surface area contributed by atoms with Gasteiger partial charge in [-0.3, -0.25) is 4.79 Å². The lowest BCUT2D eigenvalue weighted by atomic mass is 9.76. The molecule has 0 aliphatic carbocycles. The van der Waals surface area contributed by atoms with Gasteiger partial charge in [0.25, 0.3) is 0 Å². The Morgan fingerprint density at radius 3 is 2.70 bits per heavy atom. The molecule has 110 valence electrons. The molecule has 1 rings (SSSR count). The third kappa shape index (κ3) is 3.92. The summed E-state index contributed by atoms with van der Waals surface area (Å²) in [5.74, 6) is 0.0580. The fourth-order valence-corrected chi connectivity index (χ4v) is 2.39. The predicted octanol–water partition coefficient (Wildman–Crippen LogP) is 3.43. The van der Waals surface area contributed by atoms with Crippen LogP contribution in [0.2, 0.25) is 0 Å². The number of hydrogen-bond acceptors (Lipinski definition) is 3. The van der Waals surface area contributed by atoms with Crippen molar-refractivity contribution in [2.45, 2.75) is 45.4 Å². The molecular formula is C17H24O3. The molecule has 0 aliphatic heterocycles. The van der Waals surface area contributed by atoms with E-state index in [9.17, 15) is 9.59 Å². The van der Waals surface area contributed by atoms with Gasteiger partial charge in [-0.15, -0.1) is 0 Å². The Bertz CT molecular complexity index is 467. The number of benzene rings is 1. The first-order valence-electron chi connectivity index (χ1n) is 7.03. The molecule has 2 atom stereocenters. The molecule has 3 heteroatoms. The first kappa shape index (κ1) is 16.4. The molecule has 1 aromatic rings. The Hall–Kier alpha value is -1.64. The van der Waals surface area contributed by atoms with E-state index < -0.39 is 5.41 Å². The monoisotopic (exact) mass is 276 g/mol. The van der Waals surface area contributed by atoms with Gasteiger partial charge in [-0.2, -0.15) is 0 Å². The molecule has 2 unspecified atom stereocenters. The zero-order valence-corrected chi connectivity index (χ0v) is 12.8. The smallest absolute Gasteiger partial charge is 0.315 e. The summed E-state index contributed by atoms with van der Waals surface area (Å²) in [4.78, 5) is 22.8. The first-order chi connectivity index (χ1) is 9.43. The SMILES string of the molecule is COC(=O)C(C)(CCC(C)CC=O)c1cccc(C)c1. The summed E-state index contributed by atoms with van der Waals surface area (Å²) in [6, 6.07) is 7.96. The number of ether oxygens (including phenoxy) is 1. The van der Waals surface area contributed by atoms with Crippen molar-refractivity contribution in [1.82, 2.24) is 0 Å². The summed E-state index contributed by atoms with van der Waals surface area (Å²) in [6.07, 6.45) is 2.97. The molecule has 0 fully saturated rings. The van der Waals surface area contributed by atoms with E-state index in [-0.39, 0.29) is 11.9 Å². The first-order valence-corrected chi connectivity index (χ1v) is 7.03. The Balaban J connectivity index is 2.98. The van der Waals surface area contributed by atoms with Crippen LogP contribution in [-0.4, -0.2) is 19.4 Å². The Morgan fingerprint density at radius 1 is 1.45 bits per heavy atom. The summed E-state index contributed by atoms with van der Waals surface area (Å²) in [7, 11) is 1.42. The van der Waals surface area contributed by atoms with Gasteiger partial charge in [-0.25, -0.2) is 0 Å². The van der Waals surface area contributed by atoms with E-state index in [0.717, 1.165) is 23.8 Å². The maximum atomic E-state index is 12.2. The quantitative estimate of drug-likeness (QED) is 0.566. The topological polar surface area (TPSA) is 43.4 Å². The summed E-state index contributed by atoms with van der Waals surface area (Å²) < 4.78 is 4.99. The molecule has 0 aromatic heterocycles. The third-order valence-electron chi connectivity index (χ3n) is 3.93. The average molecular weight is 276 g/mol. The van der Waals surface area contributed by atoms with E-state index >= 15 is 0 Å². The van der Waals surface area contributed by atoms with E-state index in [1.54, 1.807) is 0 Å². The van der Waals surface area contributed by atoms with Crippen molar-refractivity contribution >= 4 is 12.3 Å². The van der Waals surface area contributed by atoms with Gasteiger partial charge in [-0.05, 0) is 38.2 Å². The highest BCUT2D eigenvalue weighted by Gasteiger charge is 2.36. The molecule has 1 aromatic carbocycles. The number of methoxy groups -OCH3 is 1. The highest BCUT2D eigenvalue weighted by atomic mass is 16.5. The predicted molar refractivity (Wildman–Crippen MR) is 79.6 cm³/mol. The summed E-state index contributed by atoms with van der Waals surface area (Å²) in [5, 5.41) is 0. The van der Waals surface area contributed by atoms with Gasteiger partial charge in [-0.1, -0.05) is 36.8 Å². The highest BCUT2D eigenvalue weighted by Crippen LogP contribution is 2.32. The van der Waals surface area contributed by atoms with Crippen molar-refractivity contribution in [3.05, 3.63) is 35.4 Å². The second-order valence-electron chi connectivity index (χ2n) is 5.74. The van der Waals surface area contributed by atoms with Crippen LogP contribution in [-0.2, 0) is 19.7 Å². The lowest BCUT2D eigenvalue weighted by molar-refractivity contribution is -0.147. The van der Waals surface area contributed by atoms with Crippen molar-refractivity contribution in [1.29, 1.82) is 0 Å². The number of aldehydes is 1. The van der Waals surface area contributed by atoms with Gasteiger partial charge in [0, 0.05) is 6.42 Å². The summed E-state index contributed by atoms with van der Waals surface area (Å²) >= 11 is 0. The Kier molecular flexibility index (Phi) is 5.93. The number of carbonyl (C=O) groups excluding carboxylic acids is 2. The number of hydrogen-bond donors (Lipinski definition) is 0. The lowest BCUT2D eigenvalue weighted by Crippen LogP contribution is -2.34. The molecule has 0 radical (unpaired) electrons. The fourth-order valence-electron chi connectivity index (χ4n) is 2.39. The zero-order valence-electron chi connectivity index (χ0n) is 12.8. The van der Waals surface area contributed by atoms with E-state index in [0.29, 0.717) is 12.8 Å². The van der Waals surface area contributed by atoms with Crippen LogP contribution in [0.15, 0.2) is 24.3 Å². The zero-order chi connectivity index (χ0) is 15.2. The van der Waals surface area contributed by atoms with Crippen LogP contribution in [0.5, 0.6) is 0 Å². The maximum Gasteiger partial charge on any atom is 0.315 e. The van der Waals surface area contributed by atoms with Crippen molar-refractivity contribution in [2.75, 3.05) is 7.11 Å². The highest BCUT2D eigenvalue weighted by molar-refractivity contribution is 5.82. The van der Waals surface area contributed by atoms with E-state index in [2.05, 4.69) is 0 Å². The van der Waals surface area contributed by atoms with E-state index in [4.69, 9.17) is 4.74 Å². The molecule has 0 saturated carbocycles. The van der Waals surface area contributed by atoms with Crippen molar-refractivity contribution in [3.8, 4) is 0 Å². The largest absolute Gasteiger partial charge is 0.468 e. The minimum atomic E-state index is -0.655. The second-order valence-corrected chi connectivity index (χ2v) is 5.74. The maximum absolute atomic E-state index is 12.2. The molecule has 0 heterocycles. The van der Waals surface area contributed by atoms with Crippen LogP contribution >= 0.6 is 0 Å². The Labute approximate surface area is 121 Å². The molecular weight excluding hydrogens is 252 g/mol. The molecule has 3 nitrogen and oxygen atoms in total. The lowest BCUT2D eigenvalue weighted by Gasteiger charge is -2.28. The number of aryl methyl sites for hydroxylation is 1. The van der Waals surface area contributed by atoms with Gasteiger partial charge in [0.15, 0.2) is 0 Å². The van der Waals surface area contributed by atoms with Crippen molar-refractivity contribution < 1.29 is 14.3 Å². The molecule has 0 aliphatic rings. The van der Waals surface area contributed by atoms with Crippen LogP contribution in [0.3, 0.4) is 0 Å². The standard InChI is InChI=1S/C17H24O3/c1-13(9-11-18)8-10-17(3,16(19)20-4)15-7-5-6-14(2)12-15/h5-7,11-13H,8-10H2,1-4H3. The summed E-state index contributed by atoms with van der Waals surface area (Å²) in [5.41, 5.74) is 1.44. The van der Waals surface area contributed by atoms with Gasteiger partial charge in [0.05, 0.1) is 12.5 Å². The second kappa shape index (κ2) is 7.22. The van der Waals surface area contributed by atoms with Gasteiger partial charge >= 0.3 is 5.97 Å². The number of carbonyl (C=O) groups is 2.